The van der Waals surface area contributed by atoms with Crippen LogP contribution in [0.4, 0.5) is 0 Å². The number of ether oxygens (including phenoxy) is 1. The van der Waals surface area contributed by atoms with Gasteiger partial charge in [-0.2, -0.15) is 5.48 Å². The Kier molecular flexibility index (Phi) is 6.84. The molecule has 4 nitrogen and oxygen atoms in total. The van der Waals surface area contributed by atoms with Gasteiger partial charge in [-0.3, -0.25) is 4.84 Å². The van der Waals surface area contributed by atoms with Gasteiger partial charge in [0.15, 0.2) is 0 Å². The van der Waals surface area contributed by atoms with Crippen LogP contribution in [0.15, 0.2) is 0 Å². The van der Waals surface area contributed by atoms with Gasteiger partial charge in [-0.15, -0.1) is 0 Å². The molecule has 1 atom stereocenters. The van der Waals surface area contributed by atoms with Crippen LogP contribution in [0.5, 0.6) is 0 Å². The van der Waals surface area contributed by atoms with E-state index in [-0.39, 0.29) is 6.10 Å². The maximum atomic E-state index is 8.74. The van der Waals surface area contributed by atoms with Crippen molar-refractivity contribution in [2.75, 3.05) is 26.9 Å². The molecule has 0 saturated heterocycles. The van der Waals surface area contributed by atoms with Crippen LogP contribution in [-0.2, 0) is 9.57 Å². The van der Waals surface area contributed by atoms with Gasteiger partial charge in [0, 0.05) is 13.7 Å². The first-order chi connectivity index (χ1) is 4.77. The van der Waals surface area contributed by atoms with Crippen LogP contribution in [0.25, 0.3) is 0 Å². The summed E-state index contributed by atoms with van der Waals surface area (Å²) in [6, 6.07) is 0. The molecule has 0 fully saturated rings. The van der Waals surface area contributed by atoms with Crippen LogP contribution < -0.4 is 5.48 Å². The molecule has 0 spiro atoms. The second kappa shape index (κ2) is 6.95. The van der Waals surface area contributed by atoms with Crippen molar-refractivity contribution in [1.29, 1.82) is 0 Å². The predicted octanol–water partition coefficient (Wildman–Crippen LogP) is -0.465. The van der Waals surface area contributed by atoms with E-state index in [4.69, 9.17) is 14.7 Å². The summed E-state index contributed by atoms with van der Waals surface area (Å²) < 4.78 is 4.72. The average Bonchev–Trinajstić information content (AvgIpc) is 1.87. The molecule has 0 heterocycles. The lowest BCUT2D eigenvalue weighted by Gasteiger charge is -2.06. The summed E-state index contributed by atoms with van der Waals surface area (Å²) in [5, 5.41) is 8.74. The van der Waals surface area contributed by atoms with Crippen LogP contribution in [-0.4, -0.2) is 38.1 Å². The van der Waals surface area contributed by atoms with Crippen molar-refractivity contribution in [3.05, 3.63) is 0 Å². The summed E-state index contributed by atoms with van der Waals surface area (Å²) in [5.74, 6) is 0. The van der Waals surface area contributed by atoms with Gasteiger partial charge in [0.1, 0.15) is 0 Å². The number of methoxy groups -OCH3 is 1. The largest absolute Gasteiger partial charge is 0.392 e. The number of hydroxylamine groups is 1. The molecule has 0 rings (SSSR count). The van der Waals surface area contributed by atoms with Gasteiger partial charge >= 0.3 is 0 Å². The van der Waals surface area contributed by atoms with Crippen LogP contribution in [0.3, 0.4) is 0 Å². The molecular weight excluding hydrogens is 134 g/mol. The fourth-order valence-corrected chi connectivity index (χ4v) is 0.377. The molecule has 0 bridgehead atoms. The molecule has 0 aliphatic rings. The Morgan fingerprint density at radius 2 is 2.20 bits per heavy atom. The van der Waals surface area contributed by atoms with Crippen molar-refractivity contribution >= 4 is 0 Å². The number of aliphatic hydroxyl groups is 1. The molecule has 0 aliphatic carbocycles. The first-order valence-electron chi connectivity index (χ1n) is 3.29. The number of aliphatic hydroxyl groups excluding tert-OH is 1. The maximum absolute atomic E-state index is 8.74. The molecule has 0 aliphatic heterocycles. The van der Waals surface area contributed by atoms with E-state index < -0.39 is 0 Å². The average molecular weight is 149 g/mol. The minimum absolute atomic E-state index is 0.373. The highest BCUT2D eigenvalue weighted by molar-refractivity contribution is 4.43. The highest BCUT2D eigenvalue weighted by atomic mass is 16.7. The quantitative estimate of drug-likeness (QED) is 0.396. The monoisotopic (exact) mass is 149 g/mol. The summed E-state index contributed by atoms with van der Waals surface area (Å²) in [6.07, 6.45) is -0.373. The third-order valence-electron chi connectivity index (χ3n) is 0.870. The van der Waals surface area contributed by atoms with Crippen molar-refractivity contribution in [3.8, 4) is 0 Å². The van der Waals surface area contributed by atoms with Gasteiger partial charge in [-0.25, -0.2) is 0 Å². The second-order valence-electron chi connectivity index (χ2n) is 2.04. The SMILES string of the molecule is COCCONCC(C)O. The molecule has 10 heavy (non-hydrogen) atoms. The standard InChI is InChI=1S/C6H15NO3/c1-6(8)5-7-10-4-3-9-2/h6-8H,3-5H2,1-2H3. The van der Waals surface area contributed by atoms with Crippen LogP contribution >= 0.6 is 0 Å². The smallest absolute Gasteiger partial charge is 0.0915 e. The molecule has 0 radical (unpaired) electrons. The molecular formula is C6H15NO3. The van der Waals surface area contributed by atoms with E-state index in [0.717, 1.165) is 0 Å². The van der Waals surface area contributed by atoms with Crippen molar-refractivity contribution in [2.24, 2.45) is 0 Å². The Labute approximate surface area is 61.1 Å². The van der Waals surface area contributed by atoms with Crippen LogP contribution in [0.1, 0.15) is 6.92 Å². The molecule has 1 unspecified atom stereocenters. The number of hydrogen-bond acceptors (Lipinski definition) is 4. The van der Waals surface area contributed by atoms with Gasteiger partial charge in [-0.1, -0.05) is 0 Å². The van der Waals surface area contributed by atoms with Crippen LogP contribution in [0.2, 0.25) is 0 Å². The van der Waals surface area contributed by atoms with Crippen molar-refractivity contribution < 1.29 is 14.7 Å². The lowest BCUT2D eigenvalue weighted by atomic mass is 10.4. The topological polar surface area (TPSA) is 50.7 Å². The van der Waals surface area contributed by atoms with E-state index in [2.05, 4.69) is 5.48 Å². The highest BCUT2D eigenvalue weighted by Crippen LogP contribution is 1.75. The van der Waals surface area contributed by atoms with Gasteiger partial charge < -0.3 is 9.84 Å². The zero-order chi connectivity index (χ0) is 7.82. The van der Waals surface area contributed by atoms with E-state index in [1.165, 1.54) is 0 Å². The zero-order valence-corrected chi connectivity index (χ0v) is 6.46. The predicted molar refractivity (Wildman–Crippen MR) is 37.5 cm³/mol. The zero-order valence-electron chi connectivity index (χ0n) is 6.46. The molecule has 0 amide bonds. The number of nitrogens with one attached hydrogen (secondary N) is 1. The second-order valence-corrected chi connectivity index (χ2v) is 2.04. The summed E-state index contributed by atoms with van der Waals surface area (Å²) >= 11 is 0. The van der Waals surface area contributed by atoms with Gasteiger partial charge in [-0.05, 0) is 6.92 Å². The van der Waals surface area contributed by atoms with Gasteiger partial charge in [0.25, 0.3) is 0 Å². The molecule has 2 N–H and O–H groups in total. The third kappa shape index (κ3) is 7.84. The maximum Gasteiger partial charge on any atom is 0.0915 e. The van der Waals surface area contributed by atoms with Gasteiger partial charge in [0.2, 0.25) is 0 Å². The van der Waals surface area contributed by atoms with E-state index >= 15 is 0 Å². The molecule has 62 valence electrons. The first kappa shape index (κ1) is 9.84. The van der Waals surface area contributed by atoms with Crippen LogP contribution in [0, 0.1) is 0 Å². The molecule has 0 aromatic heterocycles. The number of hydrogen-bond donors (Lipinski definition) is 2. The van der Waals surface area contributed by atoms with E-state index in [0.29, 0.717) is 19.8 Å². The van der Waals surface area contributed by atoms with Crippen molar-refractivity contribution in [3.63, 3.8) is 0 Å². The fraction of sp³-hybridized carbons (Fsp3) is 1.00. The lowest BCUT2D eigenvalue weighted by Crippen LogP contribution is -2.25. The van der Waals surface area contributed by atoms with Crippen molar-refractivity contribution in [1.82, 2.24) is 5.48 Å². The van der Waals surface area contributed by atoms with E-state index in [9.17, 15) is 0 Å². The molecule has 0 saturated carbocycles. The van der Waals surface area contributed by atoms with Gasteiger partial charge in [0.05, 0.1) is 19.3 Å². The molecule has 0 aromatic carbocycles. The Balaban J connectivity index is 2.77. The summed E-state index contributed by atoms with van der Waals surface area (Å²) in [6.45, 7) is 3.20. The minimum Gasteiger partial charge on any atom is -0.392 e. The minimum atomic E-state index is -0.373. The Hall–Kier alpha value is -0.160. The fourth-order valence-electron chi connectivity index (χ4n) is 0.377. The molecule has 4 heteroatoms. The number of rotatable bonds is 6. The first-order valence-corrected chi connectivity index (χ1v) is 3.29. The highest BCUT2D eigenvalue weighted by Gasteiger charge is 1.92. The Bertz CT molecular complexity index is 68.0. The van der Waals surface area contributed by atoms with E-state index in [1.807, 2.05) is 0 Å². The normalized spacial score (nSPS) is 13.5. The lowest BCUT2D eigenvalue weighted by molar-refractivity contribution is -0.00837. The Morgan fingerprint density at radius 1 is 1.50 bits per heavy atom. The molecule has 0 aromatic rings. The van der Waals surface area contributed by atoms with E-state index in [1.54, 1.807) is 14.0 Å². The summed E-state index contributed by atoms with van der Waals surface area (Å²) in [7, 11) is 1.61. The summed E-state index contributed by atoms with van der Waals surface area (Å²) in [4.78, 5) is 4.85. The van der Waals surface area contributed by atoms with Crippen molar-refractivity contribution in [2.45, 2.75) is 13.0 Å². The Morgan fingerprint density at radius 3 is 2.70 bits per heavy atom. The third-order valence-corrected chi connectivity index (χ3v) is 0.870. The summed E-state index contributed by atoms with van der Waals surface area (Å²) in [5.41, 5.74) is 2.59.